The maximum Gasteiger partial charge on any atom is 0.191 e. The number of aryl methyl sites for hydroxylation is 1. The van der Waals surface area contributed by atoms with Crippen molar-refractivity contribution in [2.24, 2.45) is 10.9 Å². The van der Waals surface area contributed by atoms with Gasteiger partial charge in [0.05, 0.1) is 12.2 Å². The molecule has 0 spiro atoms. The predicted octanol–water partition coefficient (Wildman–Crippen LogP) is 6.84. The molecular formula is C27H37FN2O4. The quantitative estimate of drug-likeness (QED) is 0.130. The minimum Gasteiger partial charge on any atom is -0.485 e. The van der Waals surface area contributed by atoms with Crippen molar-refractivity contribution in [3.05, 3.63) is 65.3 Å². The summed E-state index contributed by atoms with van der Waals surface area (Å²) in [7, 11) is 0. The standard InChI is InChI=1S/C27H37FN2O4/c1-7-31-11-10-20(3)16-29-21(4)12-19(2)8-9-22(5)33-26-14-24(28)13-25(15-26)32-18-27-17-30-23(6)34-27/h8-9,13-17,20-21H,7,10-12,18H2,1-6H3. The van der Waals surface area contributed by atoms with Gasteiger partial charge in [0.15, 0.2) is 11.7 Å². The first kappa shape index (κ1) is 27.3. The molecule has 6 nitrogen and oxygen atoms in total. The van der Waals surface area contributed by atoms with Crippen molar-refractivity contribution in [2.75, 3.05) is 13.2 Å². The maximum atomic E-state index is 14.0. The van der Waals surface area contributed by atoms with Crippen LogP contribution in [0.3, 0.4) is 0 Å². The molecule has 0 aliphatic rings. The van der Waals surface area contributed by atoms with E-state index in [-0.39, 0.29) is 12.6 Å². The number of halogens is 1. The van der Waals surface area contributed by atoms with E-state index in [0.29, 0.717) is 34.8 Å². The second-order valence-electron chi connectivity index (χ2n) is 8.46. The van der Waals surface area contributed by atoms with Crippen molar-refractivity contribution in [1.82, 2.24) is 4.98 Å². The molecule has 0 saturated heterocycles. The monoisotopic (exact) mass is 472 g/mol. The average molecular weight is 473 g/mol. The third-order valence-electron chi connectivity index (χ3n) is 4.91. The fraction of sp³-hybridized carbons (Fsp3) is 0.481. The van der Waals surface area contributed by atoms with Crippen molar-refractivity contribution < 1.29 is 23.0 Å². The molecule has 186 valence electrons. The van der Waals surface area contributed by atoms with Gasteiger partial charge in [-0.05, 0) is 52.5 Å². The van der Waals surface area contributed by atoms with Gasteiger partial charge in [-0.15, -0.1) is 0 Å². The summed E-state index contributed by atoms with van der Waals surface area (Å²) in [6.07, 6.45) is 9.31. The van der Waals surface area contributed by atoms with Crippen LogP contribution >= 0.6 is 0 Å². The SMILES string of the molecule is CCOCCC(C)C=NC(C)CC(C)=CC=C(C)Oc1cc(F)cc(OCc2cnc(C)o2)c1. The fourth-order valence-corrected chi connectivity index (χ4v) is 3.15. The number of hydrogen-bond donors (Lipinski definition) is 0. The Labute approximate surface area is 202 Å². The van der Waals surface area contributed by atoms with Gasteiger partial charge in [0.25, 0.3) is 0 Å². The summed E-state index contributed by atoms with van der Waals surface area (Å²) in [5, 5.41) is 0. The minimum absolute atomic E-state index is 0.159. The zero-order valence-corrected chi connectivity index (χ0v) is 21.1. The zero-order valence-electron chi connectivity index (χ0n) is 21.1. The summed E-state index contributed by atoms with van der Waals surface area (Å²) in [5.74, 6) is 2.44. The molecule has 34 heavy (non-hydrogen) atoms. The first-order chi connectivity index (χ1) is 16.2. The van der Waals surface area contributed by atoms with E-state index in [0.717, 1.165) is 26.1 Å². The van der Waals surface area contributed by atoms with E-state index in [1.165, 1.54) is 17.7 Å². The van der Waals surface area contributed by atoms with Gasteiger partial charge in [-0.3, -0.25) is 4.99 Å². The molecule has 0 bridgehead atoms. The second-order valence-corrected chi connectivity index (χ2v) is 8.46. The predicted molar refractivity (Wildman–Crippen MR) is 133 cm³/mol. The van der Waals surface area contributed by atoms with Crippen LogP contribution in [0.5, 0.6) is 11.5 Å². The summed E-state index contributed by atoms with van der Waals surface area (Å²) in [6.45, 7) is 13.6. The lowest BCUT2D eigenvalue weighted by Gasteiger charge is -2.10. The highest BCUT2D eigenvalue weighted by Crippen LogP contribution is 2.25. The molecule has 0 aliphatic carbocycles. The normalized spacial score (nSPS) is 14.4. The van der Waals surface area contributed by atoms with E-state index in [2.05, 4.69) is 30.7 Å². The highest BCUT2D eigenvalue weighted by Gasteiger charge is 2.07. The molecule has 0 saturated carbocycles. The van der Waals surface area contributed by atoms with Crippen LogP contribution in [-0.4, -0.2) is 30.5 Å². The van der Waals surface area contributed by atoms with Gasteiger partial charge < -0.3 is 18.6 Å². The van der Waals surface area contributed by atoms with Crippen LogP contribution in [0.15, 0.2) is 57.3 Å². The van der Waals surface area contributed by atoms with Crippen LogP contribution in [0.2, 0.25) is 0 Å². The van der Waals surface area contributed by atoms with Gasteiger partial charge in [0.1, 0.15) is 29.7 Å². The molecule has 7 heteroatoms. The van der Waals surface area contributed by atoms with E-state index >= 15 is 0 Å². The number of benzene rings is 1. The molecule has 0 fully saturated rings. The van der Waals surface area contributed by atoms with E-state index < -0.39 is 5.82 Å². The molecule has 0 N–H and O–H groups in total. The Morgan fingerprint density at radius 1 is 1.18 bits per heavy atom. The minimum atomic E-state index is -0.442. The third-order valence-corrected chi connectivity index (χ3v) is 4.91. The topological polar surface area (TPSA) is 66.1 Å². The Kier molecular flexibility index (Phi) is 11.5. The number of allylic oxidation sites excluding steroid dienone is 3. The lowest BCUT2D eigenvalue weighted by molar-refractivity contribution is 0.140. The molecule has 2 aromatic rings. The zero-order chi connectivity index (χ0) is 24.9. The Hall–Kier alpha value is -2.93. The maximum absolute atomic E-state index is 14.0. The lowest BCUT2D eigenvalue weighted by Crippen LogP contribution is -2.06. The number of rotatable bonds is 14. The number of hydrogen-bond acceptors (Lipinski definition) is 6. The van der Waals surface area contributed by atoms with Crippen molar-refractivity contribution >= 4 is 6.21 Å². The van der Waals surface area contributed by atoms with Gasteiger partial charge in [-0.1, -0.05) is 18.6 Å². The van der Waals surface area contributed by atoms with Gasteiger partial charge >= 0.3 is 0 Å². The number of ether oxygens (including phenoxy) is 3. The van der Waals surface area contributed by atoms with E-state index in [1.54, 1.807) is 19.2 Å². The van der Waals surface area contributed by atoms with E-state index in [4.69, 9.17) is 18.6 Å². The first-order valence-electron chi connectivity index (χ1n) is 11.7. The van der Waals surface area contributed by atoms with Crippen LogP contribution < -0.4 is 9.47 Å². The molecular weight excluding hydrogens is 435 g/mol. The third kappa shape index (κ3) is 10.8. The molecule has 1 aromatic carbocycles. The van der Waals surface area contributed by atoms with Crippen LogP contribution in [0.4, 0.5) is 4.39 Å². The largest absolute Gasteiger partial charge is 0.485 e. The smallest absolute Gasteiger partial charge is 0.191 e. The highest BCUT2D eigenvalue weighted by atomic mass is 19.1. The van der Waals surface area contributed by atoms with Gasteiger partial charge in [-0.2, -0.15) is 0 Å². The van der Waals surface area contributed by atoms with Crippen molar-refractivity contribution in [3.8, 4) is 11.5 Å². The summed E-state index contributed by atoms with van der Waals surface area (Å²) in [6, 6.07) is 4.46. The van der Waals surface area contributed by atoms with Crippen LogP contribution in [0, 0.1) is 18.7 Å². The van der Waals surface area contributed by atoms with Gasteiger partial charge in [0.2, 0.25) is 0 Å². The lowest BCUT2D eigenvalue weighted by atomic mass is 10.1. The summed E-state index contributed by atoms with van der Waals surface area (Å²) >= 11 is 0. The molecule has 0 radical (unpaired) electrons. The Balaban J connectivity index is 1.87. The molecule has 0 aliphatic heterocycles. The second kappa shape index (κ2) is 14.4. The fourth-order valence-electron chi connectivity index (χ4n) is 3.15. The molecule has 0 amide bonds. The van der Waals surface area contributed by atoms with Crippen molar-refractivity contribution in [1.29, 1.82) is 0 Å². The Morgan fingerprint density at radius 3 is 2.65 bits per heavy atom. The molecule has 2 unspecified atom stereocenters. The molecule has 2 atom stereocenters. The summed E-state index contributed by atoms with van der Waals surface area (Å²) in [4.78, 5) is 8.67. The van der Waals surface area contributed by atoms with Crippen molar-refractivity contribution in [3.63, 3.8) is 0 Å². The van der Waals surface area contributed by atoms with Crippen LogP contribution in [0.1, 0.15) is 59.1 Å². The molecule has 1 heterocycles. The number of aromatic nitrogens is 1. The summed E-state index contributed by atoms with van der Waals surface area (Å²) in [5.41, 5.74) is 1.18. The number of nitrogens with zero attached hydrogens (tertiary/aromatic N) is 2. The molecule has 2 rings (SSSR count). The van der Waals surface area contributed by atoms with Gasteiger partial charge in [0, 0.05) is 44.6 Å². The average Bonchev–Trinajstić information content (AvgIpc) is 3.20. The van der Waals surface area contributed by atoms with E-state index in [9.17, 15) is 4.39 Å². The molecule has 1 aromatic heterocycles. The van der Waals surface area contributed by atoms with E-state index in [1.807, 2.05) is 32.2 Å². The van der Waals surface area contributed by atoms with Crippen LogP contribution in [-0.2, 0) is 11.3 Å². The number of aliphatic imine (C=N–C) groups is 1. The first-order valence-corrected chi connectivity index (χ1v) is 11.7. The van der Waals surface area contributed by atoms with Crippen molar-refractivity contribution in [2.45, 2.75) is 67.0 Å². The summed E-state index contributed by atoms with van der Waals surface area (Å²) < 4.78 is 36.2. The van der Waals surface area contributed by atoms with Gasteiger partial charge in [-0.25, -0.2) is 9.37 Å². The Morgan fingerprint density at radius 2 is 1.94 bits per heavy atom. The number of oxazole rings is 1. The van der Waals surface area contributed by atoms with Crippen LogP contribution in [0.25, 0.3) is 0 Å². The highest BCUT2D eigenvalue weighted by molar-refractivity contribution is 5.60. The Bertz CT molecular complexity index is 981.